The second kappa shape index (κ2) is 4.21. The number of halogens is 1. The van der Waals surface area contributed by atoms with Crippen LogP contribution in [0.5, 0.6) is 0 Å². The van der Waals surface area contributed by atoms with Gasteiger partial charge in [0.25, 0.3) is 0 Å². The number of benzene rings is 1. The van der Waals surface area contributed by atoms with Crippen molar-refractivity contribution in [3.63, 3.8) is 0 Å². The van der Waals surface area contributed by atoms with Crippen molar-refractivity contribution < 1.29 is 4.39 Å². The van der Waals surface area contributed by atoms with Crippen LogP contribution in [-0.4, -0.2) is 14.8 Å². The smallest absolute Gasteiger partial charge is 0.215 e. The fourth-order valence-electron chi connectivity index (χ4n) is 4.07. The Morgan fingerprint density at radius 2 is 2.08 bits per heavy atom. The molecule has 2 fully saturated rings. The minimum Gasteiger partial charge on any atom is -0.233 e. The largest absolute Gasteiger partial charge is 0.233 e. The van der Waals surface area contributed by atoms with E-state index in [4.69, 9.17) is 0 Å². The highest BCUT2D eigenvalue weighted by atomic mass is 19.1. The van der Waals surface area contributed by atoms with Gasteiger partial charge in [-0.2, -0.15) is 14.8 Å². The van der Waals surface area contributed by atoms with Crippen LogP contribution in [0.15, 0.2) is 36.5 Å². The summed E-state index contributed by atoms with van der Waals surface area (Å²) in [5, 5.41) is 15.1. The van der Waals surface area contributed by atoms with E-state index in [2.05, 4.69) is 16.2 Å². The average Bonchev–Trinajstić information content (AvgIpc) is 3.43. The van der Waals surface area contributed by atoms with E-state index in [1.807, 2.05) is 24.3 Å². The minimum absolute atomic E-state index is 0.222. The Kier molecular flexibility index (Phi) is 2.40. The molecule has 0 bridgehead atoms. The molecule has 118 valence electrons. The van der Waals surface area contributed by atoms with Crippen LogP contribution in [0.25, 0.3) is 16.6 Å². The maximum Gasteiger partial charge on any atom is 0.215 e. The number of aryl methyl sites for hydroxylation is 1. The summed E-state index contributed by atoms with van der Waals surface area (Å²) in [5.74, 6) is -0.516. The summed E-state index contributed by atoms with van der Waals surface area (Å²) in [6.45, 7) is 1.76. The molecule has 2 aromatic heterocycles. The Morgan fingerprint density at radius 3 is 2.75 bits per heavy atom. The summed E-state index contributed by atoms with van der Waals surface area (Å²) in [4.78, 5) is 3.78. The monoisotopic (exact) mass is 318 g/mol. The van der Waals surface area contributed by atoms with Gasteiger partial charge < -0.3 is 0 Å². The first-order valence-electron chi connectivity index (χ1n) is 8.11. The normalized spacial score (nSPS) is 23.4. The molecular formula is C19H15FN4. The van der Waals surface area contributed by atoms with E-state index in [0.717, 1.165) is 35.7 Å². The first-order chi connectivity index (χ1) is 11.6. The highest BCUT2D eigenvalue weighted by molar-refractivity contribution is 5.82. The highest BCUT2D eigenvalue weighted by Gasteiger charge is 2.75. The lowest BCUT2D eigenvalue weighted by molar-refractivity contribution is 0.578. The van der Waals surface area contributed by atoms with Crippen molar-refractivity contribution >= 4 is 10.9 Å². The average molecular weight is 318 g/mol. The lowest BCUT2D eigenvalue weighted by atomic mass is 9.93. The van der Waals surface area contributed by atoms with Crippen LogP contribution in [0.4, 0.5) is 4.39 Å². The third-order valence-electron chi connectivity index (χ3n) is 5.64. The van der Waals surface area contributed by atoms with Crippen LogP contribution in [0.1, 0.15) is 30.5 Å². The van der Waals surface area contributed by atoms with Gasteiger partial charge in [0.05, 0.1) is 28.9 Å². The molecule has 2 aliphatic rings. The van der Waals surface area contributed by atoms with E-state index in [0.29, 0.717) is 11.4 Å². The number of rotatable bonds is 2. The Balaban J connectivity index is 1.69. The molecule has 0 unspecified atom stereocenters. The molecule has 1 aromatic carbocycles. The number of nitrogens with zero attached hydrogens (tertiary/aromatic N) is 4. The van der Waals surface area contributed by atoms with Crippen LogP contribution in [0.2, 0.25) is 0 Å². The molecule has 24 heavy (non-hydrogen) atoms. The van der Waals surface area contributed by atoms with Crippen LogP contribution in [-0.2, 0) is 5.41 Å². The first kappa shape index (κ1) is 13.7. The van der Waals surface area contributed by atoms with Crippen molar-refractivity contribution in [3.8, 4) is 11.8 Å². The highest BCUT2D eigenvalue weighted by Crippen LogP contribution is 2.78. The number of hydrogen-bond donors (Lipinski definition) is 0. The minimum atomic E-state index is -0.516. The van der Waals surface area contributed by atoms with E-state index < -0.39 is 5.95 Å². The molecule has 0 saturated heterocycles. The molecular weight excluding hydrogens is 303 g/mol. The number of pyridine rings is 1. The predicted octanol–water partition coefficient (Wildman–Crippen LogP) is 3.81. The summed E-state index contributed by atoms with van der Waals surface area (Å²) >= 11 is 0. The van der Waals surface area contributed by atoms with E-state index in [9.17, 15) is 9.65 Å². The summed E-state index contributed by atoms with van der Waals surface area (Å²) in [7, 11) is 0. The molecule has 2 saturated carbocycles. The maximum absolute atomic E-state index is 13.7. The molecule has 2 heterocycles. The third kappa shape index (κ3) is 1.66. The molecule has 1 spiro atoms. The second-order valence-electron chi connectivity index (χ2n) is 7.09. The van der Waals surface area contributed by atoms with E-state index in [-0.39, 0.29) is 10.8 Å². The van der Waals surface area contributed by atoms with E-state index in [1.165, 1.54) is 6.07 Å². The molecule has 0 radical (unpaired) electrons. The molecule has 2 aliphatic carbocycles. The Morgan fingerprint density at radius 1 is 1.25 bits per heavy atom. The lowest BCUT2D eigenvalue weighted by Gasteiger charge is -2.10. The van der Waals surface area contributed by atoms with Gasteiger partial charge >= 0.3 is 0 Å². The van der Waals surface area contributed by atoms with Crippen LogP contribution in [0, 0.1) is 29.6 Å². The second-order valence-corrected chi connectivity index (χ2v) is 7.09. The zero-order chi connectivity index (χ0) is 16.5. The summed E-state index contributed by atoms with van der Waals surface area (Å²) in [6.07, 6.45) is 5.02. The molecule has 0 N–H and O–H groups in total. The SMILES string of the molecule is Cc1cc(-n2ncc3ccc([C@]4(C#N)CC45CC5)cc32)cc(F)n1. The van der Waals surface area contributed by atoms with E-state index in [1.54, 1.807) is 17.8 Å². The van der Waals surface area contributed by atoms with Crippen LogP contribution >= 0.6 is 0 Å². The van der Waals surface area contributed by atoms with Gasteiger partial charge in [0.15, 0.2) is 0 Å². The first-order valence-corrected chi connectivity index (χ1v) is 8.11. The molecule has 3 aromatic rings. The van der Waals surface area contributed by atoms with Gasteiger partial charge in [-0.05, 0) is 49.3 Å². The number of fused-ring (bicyclic) bond motifs is 1. The molecule has 0 amide bonds. The standard InChI is InChI=1S/C19H15FN4/c1-12-6-15(8-17(20)23-12)24-16-7-14(3-2-13(16)9-22-24)19(11-21)10-18(19)4-5-18/h2-3,6-9H,4-5,10H2,1H3/t19-/m1/s1. The Labute approximate surface area is 138 Å². The van der Waals surface area contributed by atoms with Crippen LogP contribution < -0.4 is 0 Å². The van der Waals surface area contributed by atoms with Gasteiger partial charge in [-0.1, -0.05) is 12.1 Å². The zero-order valence-electron chi connectivity index (χ0n) is 13.3. The van der Waals surface area contributed by atoms with Gasteiger partial charge in [0, 0.05) is 17.1 Å². The molecule has 0 aliphatic heterocycles. The summed E-state index contributed by atoms with van der Waals surface area (Å²) < 4.78 is 15.4. The predicted molar refractivity (Wildman–Crippen MR) is 87.1 cm³/mol. The topological polar surface area (TPSA) is 54.5 Å². The van der Waals surface area contributed by atoms with Gasteiger partial charge in [-0.25, -0.2) is 9.67 Å². The Bertz CT molecular complexity index is 1020. The van der Waals surface area contributed by atoms with Crippen molar-refractivity contribution in [2.45, 2.75) is 31.6 Å². The molecule has 5 heteroatoms. The van der Waals surface area contributed by atoms with E-state index >= 15 is 0 Å². The fraction of sp³-hybridized carbons (Fsp3) is 0.316. The quantitative estimate of drug-likeness (QED) is 0.675. The van der Waals surface area contributed by atoms with Crippen molar-refractivity contribution in [3.05, 3.63) is 53.7 Å². The summed E-state index contributed by atoms with van der Waals surface area (Å²) in [5.41, 5.74) is 3.10. The van der Waals surface area contributed by atoms with Gasteiger partial charge in [-0.15, -0.1) is 0 Å². The van der Waals surface area contributed by atoms with Gasteiger partial charge in [-0.3, -0.25) is 0 Å². The fourth-order valence-corrected chi connectivity index (χ4v) is 4.07. The van der Waals surface area contributed by atoms with Crippen molar-refractivity contribution in [1.29, 1.82) is 5.26 Å². The number of hydrogen-bond acceptors (Lipinski definition) is 3. The summed E-state index contributed by atoms with van der Waals surface area (Å²) in [6, 6.07) is 11.8. The lowest BCUT2D eigenvalue weighted by Crippen LogP contribution is -2.08. The van der Waals surface area contributed by atoms with Crippen molar-refractivity contribution in [2.75, 3.05) is 0 Å². The third-order valence-corrected chi connectivity index (χ3v) is 5.64. The zero-order valence-corrected chi connectivity index (χ0v) is 13.3. The molecule has 4 nitrogen and oxygen atoms in total. The van der Waals surface area contributed by atoms with Crippen molar-refractivity contribution in [1.82, 2.24) is 14.8 Å². The number of nitriles is 1. The molecule has 1 atom stereocenters. The van der Waals surface area contributed by atoms with Crippen LogP contribution in [0.3, 0.4) is 0 Å². The number of aromatic nitrogens is 3. The Hall–Kier alpha value is -2.74. The van der Waals surface area contributed by atoms with Gasteiger partial charge in [0.1, 0.15) is 0 Å². The van der Waals surface area contributed by atoms with Gasteiger partial charge in [0.2, 0.25) is 5.95 Å². The maximum atomic E-state index is 13.7. The van der Waals surface area contributed by atoms with Crippen molar-refractivity contribution in [2.24, 2.45) is 5.41 Å². The molecule has 5 rings (SSSR count).